The molecule has 1 saturated heterocycles. The molecule has 2 aromatic rings. The van der Waals surface area contributed by atoms with Crippen LogP contribution in [0.4, 0.5) is 4.79 Å². The van der Waals surface area contributed by atoms with E-state index in [0.717, 1.165) is 11.1 Å². The lowest BCUT2D eigenvalue weighted by Gasteiger charge is -2.37. The minimum atomic E-state index is -0.0795. The molecule has 6 nitrogen and oxygen atoms in total. The number of carbonyl (C=O) groups is 1. The molecule has 0 unspecified atom stereocenters. The lowest BCUT2D eigenvalue weighted by molar-refractivity contribution is -0.0657. The number of nitrogens with zero attached hydrogens (tertiary/aromatic N) is 3. The second-order valence-electron chi connectivity index (χ2n) is 5.93. The summed E-state index contributed by atoms with van der Waals surface area (Å²) in [4.78, 5) is 14.3. The summed E-state index contributed by atoms with van der Waals surface area (Å²) in [5.74, 6) is 0. The number of aryl methyl sites for hydroxylation is 1. The Morgan fingerprint density at radius 2 is 2.13 bits per heavy atom. The molecule has 0 aliphatic carbocycles. The Balaban J connectivity index is 1.61. The Labute approximate surface area is 136 Å². The van der Waals surface area contributed by atoms with Crippen LogP contribution >= 0.6 is 0 Å². The number of ether oxygens (including phenoxy) is 1. The van der Waals surface area contributed by atoms with Crippen LogP contribution in [0.2, 0.25) is 0 Å². The monoisotopic (exact) mass is 314 g/mol. The number of benzene rings is 1. The van der Waals surface area contributed by atoms with Gasteiger partial charge in [-0.3, -0.25) is 4.68 Å². The molecule has 0 spiro atoms. The van der Waals surface area contributed by atoms with E-state index in [0.29, 0.717) is 19.6 Å². The highest BCUT2D eigenvalue weighted by Crippen LogP contribution is 2.25. The van der Waals surface area contributed by atoms with Crippen molar-refractivity contribution in [2.45, 2.75) is 25.7 Å². The van der Waals surface area contributed by atoms with Crippen molar-refractivity contribution in [2.24, 2.45) is 7.05 Å². The molecule has 2 amide bonds. The highest BCUT2D eigenvalue weighted by Gasteiger charge is 2.29. The molecular formula is C17H22N4O2. The summed E-state index contributed by atoms with van der Waals surface area (Å²) >= 11 is 0. The normalized spacial score (nSPS) is 21.2. The summed E-state index contributed by atoms with van der Waals surface area (Å²) in [5, 5.41) is 7.06. The van der Waals surface area contributed by atoms with Crippen molar-refractivity contribution in [3.63, 3.8) is 0 Å². The Bertz CT molecular complexity index is 656. The van der Waals surface area contributed by atoms with E-state index in [-0.39, 0.29) is 18.2 Å². The van der Waals surface area contributed by atoms with Gasteiger partial charge in [0.1, 0.15) is 6.10 Å². The molecule has 1 aromatic carbocycles. The SMILES string of the molecule is C[C@H]1CN(C(=O)NCc2cnn(C)c2)C[C@H](c2ccccc2)O1. The fraction of sp³-hybridized carbons (Fsp3) is 0.412. The second kappa shape index (κ2) is 6.83. The van der Waals surface area contributed by atoms with Crippen molar-refractivity contribution >= 4 is 6.03 Å². The molecule has 3 rings (SSSR count). The molecule has 6 heteroatoms. The molecule has 2 heterocycles. The third-order valence-electron chi connectivity index (χ3n) is 3.92. The summed E-state index contributed by atoms with van der Waals surface area (Å²) in [6, 6.07) is 9.97. The molecule has 0 bridgehead atoms. The van der Waals surface area contributed by atoms with Gasteiger partial charge in [0.05, 0.1) is 18.8 Å². The van der Waals surface area contributed by atoms with Crippen LogP contribution in [-0.2, 0) is 18.3 Å². The second-order valence-corrected chi connectivity index (χ2v) is 5.93. The number of hydrogen-bond donors (Lipinski definition) is 1. The molecule has 2 atom stereocenters. The molecule has 1 fully saturated rings. The maximum Gasteiger partial charge on any atom is 0.317 e. The highest BCUT2D eigenvalue weighted by atomic mass is 16.5. The first-order chi connectivity index (χ1) is 11.1. The molecule has 1 N–H and O–H groups in total. The van der Waals surface area contributed by atoms with Crippen LogP contribution in [0.15, 0.2) is 42.7 Å². The molecule has 1 aliphatic heterocycles. The number of aromatic nitrogens is 2. The van der Waals surface area contributed by atoms with E-state index < -0.39 is 0 Å². The van der Waals surface area contributed by atoms with Crippen molar-refractivity contribution in [1.29, 1.82) is 0 Å². The van der Waals surface area contributed by atoms with Gasteiger partial charge < -0.3 is 15.0 Å². The van der Waals surface area contributed by atoms with Gasteiger partial charge in [0.15, 0.2) is 0 Å². The van der Waals surface area contributed by atoms with Crippen LogP contribution in [-0.4, -0.2) is 39.9 Å². The van der Waals surface area contributed by atoms with Crippen molar-refractivity contribution in [3.8, 4) is 0 Å². The lowest BCUT2D eigenvalue weighted by atomic mass is 10.1. The third-order valence-corrected chi connectivity index (χ3v) is 3.92. The zero-order valence-corrected chi connectivity index (χ0v) is 13.5. The first kappa shape index (κ1) is 15.6. The maximum absolute atomic E-state index is 12.4. The molecule has 0 saturated carbocycles. The van der Waals surface area contributed by atoms with Crippen molar-refractivity contribution in [2.75, 3.05) is 13.1 Å². The summed E-state index contributed by atoms with van der Waals surface area (Å²) in [6.07, 6.45) is 3.59. The number of urea groups is 1. The van der Waals surface area contributed by atoms with Crippen LogP contribution in [0, 0.1) is 0 Å². The topological polar surface area (TPSA) is 59.4 Å². The van der Waals surface area contributed by atoms with Gasteiger partial charge in [-0.25, -0.2) is 4.79 Å². The van der Waals surface area contributed by atoms with E-state index in [2.05, 4.69) is 10.4 Å². The summed E-state index contributed by atoms with van der Waals surface area (Å²) < 4.78 is 7.71. The highest BCUT2D eigenvalue weighted by molar-refractivity contribution is 5.74. The van der Waals surface area contributed by atoms with E-state index in [1.807, 2.05) is 55.4 Å². The fourth-order valence-corrected chi connectivity index (χ4v) is 2.82. The quantitative estimate of drug-likeness (QED) is 0.944. The number of carbonyl (C=O) groups excluding carboxylic acids is 1. The van der Waals surface area contributed by atoms with Crippen LogP contribution < -0.4 is 5.32 Å². The molecule has 1 aromatic heterocycles. The molecule has 122 valence electrons. The van der Waals surface area contributed by atoms with Gasteiger partial charge in [-0.1, -0.05) is 30.3 Å². The number of nitrogens with one attached hydrogen (secondary N) is 1. The van der Waals surface area contributed by atoms with E-state index in [1.54, 1.807) is 10.9 Å². The average Bonchev–Trinajstić information content (AvgIpc) is 2.98. The largest absolute Gasteiger partial charge is 0.367 e. The third kappa shape index (κ3) is 3.90. The van der Waals surface area contributed by atoms with Gasteiger partial charge in [-0.2, -0.15) is 5.10 Å². The van der Waals surface area contributed by atoms with Gasteiger partial charge in [0, 0.05) is 31.9 Å². The lowest BCUT2D eigenvalue weighted by Crippen LogP contribution is -2.49. The summed E-state index contributed by atoms with van der Waals surface area (Å²) in [5.41, 5.74) is 2.09. The number of hydrogen-bond acceptors (Lipinski definition) is 3. The molecular weight excluding hydrogens is 292 g/mol. The number of amides is 2. The van der Waals surface area contributed by atoms with Crippen LogP contribution in [0.25, 0.3) is 0 Å². The Morgan fingerprint density at radius 3 is 2.83 bits per heavy atom. The standard InChI is InChI=1S/C17H22N4O2/c1-13-10-21(12-16(23-13)15-6-4-3-5-7-15)17(22)18-8-14-9-19-20(2)11-14/h3-7,9,11,13,16H,8,10,12H2,1-2H3,(H,18,22)/t13-,16+/m0/s1. The van der Waals surface area contributed by atoms with Gasteiger partial charge in [0.25, 0.3) is 0 Å². The van der Waals surface area contributed by atoms with Crippen LogP contribution in [0.3, 0.4) is 0 Å². The zero-order chi connectivity index (χ0) is 16.2. The van der Waals surface area contributed by atoms with Crippen molar-refractivity contribution in [1.82, 2.24) is 20.0 Å². The van der Waals surface area contributed by atoms with Crippen molar-refractivity contribution in [3.05, 3.63) is 53.9 Å². The average molecular weight is 314 g/mol. The summed E-state index contributed by atoms with van der Waals surface area (Å²) in [7, 11) is 1.86. The first-order valence-corrected chi connectivity index (χ1v) is 7.82. The van der Waals surface area contributed by atoms with E-state index in [1.165, 1.54) is 0 Å². The summed E-state index contributed by atoms with van der Waals surface area (Å²) in [6.45, 7) is 3.64. The fourth-order valence-electron chi connectivity index (χ4n) is 2.82. The Kier molecular flexibility index (Phi) is 4.62. The predicted octanol–water partition coefficient (Wildman–Crippen LogP) is 2.09. The molecule has 1 aliphatic rings. The van der Waals surface area contributed by atoms with Gasteiger partial charge in [0.2, 0.25) is 0 Å². The van der Waals surface area contributed by atoms with Gasteiger partial charge in [-0.05, 0) is 12.5 Å². The smallest absolute Gasteiger partial charge is 0.317 e. The van der Waals surface area contributed by atoms with E-state index in [4.69, 9.17) is 4.74 Å². The van der Waals surface area contributed by atoms with Gasteiger partial charge >= 0.3 is 6.03 Å². The Hall–Kier alpha value is -2.34. The van der Waals surface area contributed by atoms with Crippen LogP contribution in [0.5, 0.6) is 0 Å². The first-order valence-electron chi connectivity index (χ1n) is 7.82. The Morgan fingerprint density at radius 1 is 1.35 bits per heavy atom. The molecule has 23 heavy (non-hydrogen) atoms. The van der Waals surface area contributed by atoms with E-state index >= 15 is 0 Å². The molecule has 0 radical (unpaired) electrons. The van der Waals surface area contributed by atoms with Gasteiger partial charge in [-0.15, -0.1) is 0 Å². The minimum absolute atomic E-state index is 0.0121. The predicted molar refractivity (Wildman–Crippen MR) is 86.7 cm³/mol. The zero-order valence-electron chi connectivity index (χ0n) is 13.5. The number of rotatable bonds is 3. The maximum atomic E-state index is 12.4. The minimum Gasteiger partial charge on any atom is -0.367 e. The van der Waals surface area contributed by atoms with E-state index in [9.17, 15) is 4.79 Å². The van der Waals surface area contributed by atoms with Crippen molar-refractivity contribution < 1.29 is 9.53 Å². The van der Waals surface area contributed by atoms with Crippen LogP contribution in [0.1, 0.15) is 24.2 Å². The number of morpholine rings is 1.